The highest BCUT2D eigenvalue weighted by atomic mass is 31.2. The molecule has 0 spiro atoms. The van der Waals surface area contributed by atoms with Crippen LogP contribution in [0.4, 0.5) is 87.8 Å². The summed E-state index contributed by atoms with van der Waals surface area (Å²) >= 11 is 0. The van der Waals surface area contributed by atoms with Gasteiger partial charge < -0.3 is 9.05 Å². The summed E-state index contributed by atoms with van der Waals surface area (Å²) in [4.78, 5) is 0. The monoisotopic (exact) mass is 921 g/mol. The van der Waals surface area contributed by atoms with Gasteiger partial charge in [-0.25, -0.2) is 92.5 Å². The van der Waals surface area contributed by atoms with Crippen LogP contribution in [0.3, 0.4) is 0 Å². The first-order valence-electron chi connectivity index (χ1n) is 17.3. The van der Waals surface area contributed by atoms with Crippen molar-refractivity contribution >= 4 is 8.53 Å². The fraction of sp³-hybridized carbons (Fsp3) is 0.351. The summed E-state index contributed by atoms with van der Waals surface area (Å²) in [5.41, 5.74) is -21.8. The topological polar surface area (TPSA) is 21.7 Å². The minimum absolute atomic E-state index is 0.110. The normalized spacial score (nSPS) is 21.3. The van der Waals surface area contributed by atoms with E-state index in [1.807, 2.05) is 0 Å². The van der Waals surface area contributed by atoms with Crippen molar-refractivity contribution in [1.82, 2.24) is 4.67 Å². The average Bonchev–Trinajstić information content (AvgIpc) is 3.86. The van der Waals surface area contributed by atoms with Crippen molar-refractivity contribution in [2.24, 2.45) is 17.3 Å². The molecule has 2 saturated heterocycles. The lowest BCUT2D eigenvalue weighted by Crippen LogP contribution is -2.49. The second-order valence-electron chi connectivity index (χ2n) is 15.1. The van der Waals surface area contributed by atoms with Crippen molar-refractivity contribution in [3.05, 3.63) is 139 Å². The molecule has 1 aliphatic carbocycles. The number of rotatable bonds is 5. The first-order valence-corrected chi connectivity index (χ1v) is 18.5. The summed E-state index contributed by atoms with van der Waals surface area (Å²) in [6, 6.07) is 0. The quantitative estimate of drug-likeness (QED) is 0.0862. The van der Waals surface area contributed by atoms with E-state index in [0.29, 0.717) is 4.67 Å². The predicted octanol–water partition coefficient (Wildman–Crippen LogP) is 12.1. The van der Waals surface area contributed by atoms with Gasteiger partial charge in [0.2, 0.25) is 23.3 Å². The summed E-state index contributed by atoms with van der Waals surface area (Å²) in [6.45, 7) is 0.741. The highest BCUT2D eigenvalue weighted by molar-refractivity contribution is 7.44. The minimum atomic E-state index is -4.59. The maximum atomic E-state index is 16.5. The van der Waals surface area contributed by atoms with Gasteiger partial charge in [0.05, 0.1) is 22.3 Å². The molecule has 2 aliphatic heterocycles. The third-order valence-corrected chi connectivity index (χ3v) is 12.9. The molecule has 7 rings (SSSR count). The molecule has 3 nitrogen and oxygen atoms in total. The Balaban J connectivity index is 1.83. The fourth-order valence-corrected chi connectivity index (χ4v) is 10.7. The van der Waals surface area contributed by atoms with E-state index in [0.717, 1.165) is 13.8 Å². The lowest BCUT2D eigenvalue weighted by atomic mass is 9.63. The van der Waals surface area contributed by atoms with E-state index in [-0.39, 0.29) is 12.8 Å². The van der Waals surface area contributed by atoms with Crippen LogP contribution in [0.15, 0.2) is 0 Å². The van der Waals surface area contributed by atoms with Crippen LogP contribution in [0.5, 0.6) is 0 Å². The first-order chi connectivity index (χ1) is 28.3. The lowest BCUT2D eigenvalue weighted by Gasteiger charge is -2.44. The van der Waals surface area contributed by atoms with Gasteiger partial charge in [0.25, 0.3) is 8.53 Å². The molecule has 4 aromatic rings. The Bertz CT molecular complexity index is 2130. The highest BCUT2D eigenvalue weighted by Gasteiger charge is 2.70. The zero-order valence-corrected chi connectivity index (χ0v) is 31.1. The van der Waals surface area contributed by atoms with Gasteiger partial charge in [-0.05, 0) is 31.1 Å². The van der Waals surface area contributed by atoms with Crippen molar-refractivity contribution in [1.29, 1.82) is 0 Å². The van der Waals surface area contributed by atoms with Crippen LogP contribution in [0, 0.1) is 134 Å². The molecule has 330 valence electrons. The lowest BCUT2D eigenvalue weighted by molar-refractivity contribution is -0.00424. The predicted molar refractivity (Wildman–Crippen MR) is 166 cm³/mol. The smallest absolute Gasteiger partial charge is 0.261 e. The Morgan fingerprint density at radius 1 is 0.361 bits per heavy atom. The Morgan fingerprint density at radius 2 is 0.557 bits per heavy atom. The molecular formula is C37H20F20NO2P. The van der Waals surface area contributed by atoms with Gasteiger partial charge in [-0.3, -0.25) is 0 Å². The molecule has 0 N–H and O–H groups in total. The van der Waals surface area contributed by atoms with Gasteiger partial charge in [0.1, 0.15) is 11.2 Å². The van der Waals surface area contributed by atoms with Gasteiger partial charge >= 0.3 is 0 Å². The molecular weight excluding hydrogens is 901 g/mol. The maximum Gasteiger partial charge on any atom is 0.261 e. The molecule has 2 heterocycles. The zero-order chi connectivity index (χ0) is 45.3. The number of nitrogens with zero attached hydrogens (tertiary/aromatic N) is 1. The van der Waals surface area contributed by atoms with Gasteiger partial charge in [-0.2, -0.15) is 0 Å². The van der Waals surface area contributed by atoms with Crippen molar-refractivity contribution in [3.8, 4) is 0 Å². The van der Waals surface area contributed by atoms with Crippen molar-refractivity contribution < 1.29 is 96.9 Å². The zero-order valence-electron chi connectivity index (χ0n) is 30.2. The van der Waals surface area contributed by atoms with Crippen LogP contribution in [0.2, 0.25) is 0 Å². The summed E-state index contributed by atoms with van der Waals surface area (Å²) in [6.07, 6.45) is -2.87. The maximum absolute atomic E-state index is 16.5. The minimum Gasteiger partial charge on any atom is -0.305 e. The molecule has 3 aliphatic rings. The molecule has 0 amide bonds. The SMILES string of the molecule is CC1(C)C[C@@H]2[C@@H](C1)C(c1c(F)c(F)c(F)c(F)c1F)(c1c(F)c(F)c(F)c(F)c1F)OP(N1CCCC1)OC2(c1c(F)c(F)c(F)c(F)c1F)c1c(F)c(F)c(F)c(F)c1F. The summed E-state index contributed by atoms with van der Waals surface area (Å²) in [5.74, 6) is -67.7. The van der Waals surface area contributed by atoms with Gasteiger partial charge in [0.15, 0.2) is 93.1 Å². The van der Waals surface area contributed by atoms with E-state index >= 15 is 70.2 Å². The Morgan fingerprint density at radius 3 is 0.770 bits per heavy atom. The van der Waals surface area contributed by atoms with Crippen LogP contribution in [0.1, 0.15) is 61.8 Å². The van der Waals surface area contributed by atoms with Gasteiger partial charge in [0, 0.05) is 24.9 Å². The standard InChI is InChI=1S/C37H20F20NO2P/c1-35(2)7-9-10(8-35)37(13-19(42)27(50)33(56)28(51)20(13)43,14-21(44)29(52)34(57)30(53)22(14)45)60-61(58-5-3-4-6-58)59-36(9,11-15(38)23(46)31(54)24(47)16(11)39)12-17(40)25(48)32(55)26(49)18(12)41/h9-10H,3-8H2,1-2H3/t9-,10-/m1/s1. The second kappa shape index (κ2) is 15.0. The number of benzene rings is 4. The van der Waals surface area contributed by atoms with Crippen LogP contribution >= 0.6 is 8.53 Å². The van der Waals surface area contributed by atoms with E-state index < -0.39 is 202 Å². The van der Waals surface area contributed by atoms with Crippen molar-refractivity contribution in [2.45, 2.75) is 50.7 Å². The number of hydrogen-bond donors (Lipinski definition) is 0. The fourth-order valence-electron chi connectivity index (χ4n) is 8.69. The van der Waals surface area contributed by atoms with Crippen molar-refractivity contribution in [2.75, 3.05) is 13.1 Å². The Labute approximate surface area is 329 Å². The second-order valence-corrected chi connectivity index (χ2v) is 16.5. The molecule has 2 atom stereocenters. The van der Waals surface area contributed by atoms with Gasteiger partial charge in [-0.1, -0.05) is 13.8 Å². The molecule has 0 radical (unpaired) electrons. The number of fused-ring (bicyclic) bond motifs is 1. The van der Waals surface area contributed by atoms with E-state index in [2.05, 4.69) is 0 Å². The highest BCUT2D eigenvalue weighted by Crippen LogP contribution is 2.73. The molecule has 4 aromatic carbocycles. The molecule has 0 unspecified atom stereocenters. The molecule has 0 bridgehead atoms. The Hall–Kier alpha value is -4.21. The molecule has 24 heteroatoms. The van der Waals surface area contributed by atoms with E-state index in [4.69, 9.17) is 9.05 Å². The van der Waals surface area contributed by atoms with Crippen LogP contribution < -0.4 is 0 Å². The van der Waals surface area contributed by atoms with Crippen LogP contribution in [-0.4, -0.2) is 17.8 Å². The molecule has 0 aromatic heterocycles. The summed E-state index contributed by atoms with van der Waals surface area (Å²) in [7, 11) is -4.29. The third kappa shape index (κ3) is 6.09. The first kappa shape index (κ1) is 44.8. The van der Waals surface area contributed by atoms with Gasteiger partial charge in [-0.15, -0.1) is 0 Å². The number of hydrogen-bond acceptors (Lipinski definition) is 3. The van der Waals surface area contributed by atoms with Crippen LogP contribution in [0.25, 0.3) is 0 Å². The average molecular weight is 922 g/mol. The molecule has 61 heavy (non-hydrogen) atoms. The number of halogens is 20. The molecule has 1 saturated carbocycles. The summed E-state index contributed by atoms with van der Waals surface area (Å²) in [5, 5.41) is 0. The van der Waals surface area contributed by atoms with E-state index in [9.17, 15) is 17.6 Å². The largest absolute Gasteiger partial charge is 0.305 e. The molecule has 3 fully saturated rings. The Kier molecular flexibility index (Phi) is 11.0. The van der Waals surface area contributed by atoms with Crippen molar-refractivity contribution in [3.63, 3.8) is 0 Å². The third-order valence-electron chi connectivity index (χ3n) is 11.2. The summed E-state index contributed by atoms with van der Waals surface area (Å²) < 4.78 is 325. The van der Waals surface area contributed by atoms with E-state index in [1.165, 1.54) is 0 Å². The van der Waals surface area contributed by atoms with Crippen LogP contribution in [-0.2, 0) is 20.2 Å². The van der Waals surface area contributed by atoms with E-state index in [1.54, 1.807) is 0 Å².